The number of hydrogen-bond donors (Lipinski definition) is 2. The third-order valence-electron chi connectivity index (χ3n) is 4.49. The molecule has 4 rings (SSSR count). The second-order valence-electron chi connectivity index (χ2n) is 6.77. The van der Waals surface area contributed by atoms with Gasteiger partial charge in [-0.15, -0.1) is 0 Å². The number of esters is 1. The fraction of sp³-hybridized carbons (Fsp3) is 0.136. The first-order chi connectivity index (χ1) is 15.5. The van der Waals surface area contributed by atoms with Gasteiger partial charge in [0.25, 0.3) is 11.6 Å². The molecule has 0 fully saturated rings. The number of nitrogens with zero attached hydrogens (tertiary/aromatic N) is 2. The van der Waals surface area contributed by atoms with E-state index in [1.807, 2.05) is 30.3 Å². The molecule has 3 heterocycles. The number of ether oxygens (including phenoxy) is 1. The van der Waals surface area contributed by atoms with Gasteiger partial charge in [0.05, 0.1) is 22.9 Å². The summed E-state index contributed by atoms with van der Waals surface area (Å²) in [6.07, 6.45) is 1.47. The van der Waals surface area contributed by atoms with Gasteiger partial charge in [0, 0.05) is 6.54 Å². The van der Waals surface area contributed by atoms with Crippen molar-refractivity contribution in [1.82, 2.24) is 20.8 Å². The van der Waals surface area contributed by atoms with Gasteiger partial charge in [-0.2, -0.15) is 0 Å². The number of pyridine rings is 1. The molecule has 0 spiro atoms. The molecule has 4 aromatic rings. The van der Waals surface area contributed by atoms with E-state index in [-0.39, 0.29) is 17.8 Å². The summed E-state index contributed by atoms with van der Waals surface area (Å²) >= 11 is 0. The molecule has 0 unspecified atom stereocenters. The highest BCUT2D eigenvalue weighted by Gasteiger charge is 2.22. The van der Waals surface area contributed by atoms with E-state index >= 15 is 0 Å². The van der Waals surface area contributed by atoms with Gasteiger partial charge in [0.1, 0.15) is 5.69 Å². The van der Waals surface area contributed by atoms with Gasteiger partial charge in [-0.1, -0.05) is 35.5 Å². The first kappa shape index (κ1) is 20.8. The van der Waals surface area contributed by atoms with Gasteiger partial charge >= 0.3 is 12.0 Å². The third kappa shape index (κ3) is 4.64. The predicted molar refractivity (Wildman–Crippen MR) is 111 cm³/mol. The molecule has 2 N–H and O–H groups in total. The standard InChI is InChI=1S/C22H18N4O6/c1-13-19-15(10-16(17-8-5-9-30-17)24-20(19)32-26-13)21(28)31-12-18(27)25-22(29)23-11-14-6-3-2-4-7-14/h2-10H,11-12H2,1H3,(H2,23,25,27,29). The number of amides is 3. The minimum atomic E-state index is -0.795. The number of nitrogens with one attached hydrogen (secondary N) is 2. The maximum absolute atomic E-state index is 12.7. The lowest BCUT2D eigenvalue weighted by Crippen LogP contribution is -2.41. The molecule has 0 aliphatic carbocycles. The quantitative estimate of drug-likeness (QED) is 0.442. The molecule has 0 bridgehead atoms. The van der Waals surface area contributed by atoms with E-state index in [9.17, 15) is 14.4 Å². The zero-order valence-corrected chi connectivity index (χ0v) is 17.0. The van der Waals surface area contributed by atoms with Gasteiger partial charge in [0.2, 0.25) is 0 Å². The Hall–Kier alpha value is -4.47. The van der Waals surface area contributed by atoms with Gasteiger partial charge in [-0.3, -0.25) is 10.1 Å². The molecule has 10 heteroatoms. The Bertz CT molecular complexity index is 1260. The number of fused-ring (bicyclic) bond motifs is 1. The molecule has 0 aliphatic heterocycles. The monoisotopic (exact) mass is 434 g/mol. The molecule has 32 heavy (non-hydrogen) atoms. The van der Waals surface area contributed by atoms with Crippen LogP contribution < -0.4 is 10.6 Å². The van der Waals surface area contributed by atoms with Crippen molar-refractivity contribution in [2.75, 3.05) is 6.61 Å². The summed E-state index contributed by atoms with van der Waals surface area (Å²) in [6, 6.07) is 13.3. The topological polar surface area (TPSA) is 137 Å². The largest absolute Gasteiger partial charge is 0.463 e. The number of carbonyl (C=O) groups is 3. The van der Waals surface area contributed by atoms with Crippen molar-refractivity contribution in [3.8, 4) is 11.5 Å². The molecule has 0 radical (unpaired) electrons. The van der Waals surface area contributed by atoms with Crippen molar-refractivity contribution in [3.63, 3.8) is 0 Å². The second-order valence-corrected chi connectivity index (χ2v) is 6.77. The maximum Gasteiger partial charge on any atom is 0.339 e. The van der Waals surface area contributed by atoms with Gasteiger partial charge < -0.3 is 19.0 Å². The predicted octanol–water partition coefficient (Wildman–Crippen LogP) is 2.97. The van der Waals surface area contributed by atoms with Gasteiger partial charge in [-0.05, 0) is 30.7 Å². The van der Waals surface area contributed by atoms with Crippen molar-refractivity contribution in [1.29, 1.82) is 0 Å². The van der Waals surface area contributed by atoms with E-state index < -0.39 is 24.5 Å². The van der Waals surface area contributed by atoms with Crippen LogP contribution in [0.15, 0.2) is 63.7 Å². The molecule has 0 atom stereocenters. The van der Waals surface area contributed by atoms with Crippen LogP contribution >= 0.6 is 0 Å². The van der Waals surface area contributed by atoms with E-state index in [0.717, 1.165) is 5.56 Å². The summed E-state index contributed by atoms with van der Waals surface area (Å²) in [7, 11) is 0. The summed E-state index contributed by atoms with van der Waals surface area (Å²) in [5.41, 5.74) is 1.90. The normalized spacial score (nSPS) is 10.7. The summed E-state index contributed by atoms with van der Waals surface area (Å²) < 4.78 is 15.6. The minimum absolute atomic E-state index is 0.112. The molecule has 0 aliphatic rings. The van der Waals surface area contributed by atoms with Gasteiger partial charge in [-0.25, -0.2) is 14.6 Å². The zero-order valence-electron chi connectivity index (χ0n) is 17.0. The van der Waals surface area contributed by atoms with Crippen LogP contribution in [-0.4, -0.2) is 34.7 Å². The SMILES string of the molecule is Cc1noc2nc(-c3ccco3)cc(C(=O)OCC(=O)NC(=O)NCc3ccccc3)c12. The Balaban J connectivity index is 1.40. The smallest absolute Gasteiger partial charge is 0.339 e. The number of aromatic nitrogens is 2. The Morgan fingerprint density at radius 1 is 1.09 bits per heavy atom. The Labute approximate surface area is 181 Å². The lowest BCUT2D eigenvalue weighted by molar-refractivity contribution is -0.123. The average Bonchev–Trinajstić information content (AvgIpc) is 3.47. The second kappa shape index (κ2) is 9.13. The van der Waals surface area contributed by atoms with Crippen molar-refractivity contribution in [2.24, 2.45) is 0 Å². The minimum Gasteiger partial charge on any atom is -0.463 e. The van der Waals surface area contributed by atoms with Crippen molar-refractivity contribution < 1.29 is 28.1 Å². The number of urea groups is 1. The molecule has 3 aromatic heterocycles. The number of furan rings is 1. The van der Waals surface area contributed by atoms with E-state index in [0.29, 0.717) is 22.5 Å². The van der Waals surface area contributed by atoms with Crippen LogP contribution in [0.25, 0.3) is 22.6 Å². The number of hydrogen-bond acceptors (Lipinski definition) is 8. The number of aryl methyl sites for hydroxylation is 1. The summed E-state index contributed by atoms with van der Waals surface area (Å²) in [5.74, 6) is -1.15. The highest BCUT2D eigenvalue weighted by Crippen LogP contribution is 2.27. The number of imide groups is 1. The van der Waals surface area contributed by atoms with E-state index in [2.05, 4.69) is 20.8 Å². The number of rotatable bonds is 6. The van der Waals surface area contributed by atoms with Crippen LogP contribution in [0.4, 0.5) is 4.79 Å². The Morgan fingerprint density at radius 3 is 2.66 bits per heavy atom. The van der Waals surface area contributed by atoms with E-state index in [1.165, 1.54) is 12.3 Å². The summed E-state index contributed by atoms with van der Waals surface area (Å²) in [6.45, 7) is 1.25. The summed E-state index contributed by atoms with van der Waals surface area (Å²) in [4.78, 5) is 40.9. The van der Waals surface area contributed by atoms with Crippen LogP contribution in [0.2, 0.25) is 0 Å². The van der Waals surface area contributed by atoms with Crippen LogP contribution in [0, 0.1) is 6.92 Å². The van der Waals surface area contributed by atoms with Crippen LogP contribution in [0.3, 0.4) is 0 Å². The number of carbonyl (C=O) groups excluding carboxylic acids is 3. The van der Waals surface area contributed by atoms with E-state index in [1.54, 1.807) is 19.1 Å². The lowest BCUT2D eigenvalue weighted by atomic mass is 10.1. The molecule has 1 aromatic carbocycles. The third-order valence-corrected chi connectivity index (χ3v) is 4.49. The highest BCUT2D eigenvalue weighted by atomic mass is 16.5. The first-order valence-electron chi connectivity index (χ1n) is 9.61. The van der Waals surface area contributed by atoms with Gasteiger partial charge in [0.15, 0.2) is 12.4 Å². The van der Waals surface area contributed by atoms with Crippen molar-refractivity contribution in [3.05, 3.63) is 71.6 Å². The average molecular weight is 434 g/mol. The molecule has 0 saturated heterocycles. The maximum atomic E-state index is 12.7. The fourth-order valence-electron chi connectivity index (χ4n) is 3.00. The van der Waals surface area contributed by atoms with E-state index in [4.69, 9.17) is 13.7 Å². The Morgan fingerprint density at radius 2 is 1.91 bits per heavy atom. The highest BCUT2D eigenvalue weighted by molar-refractivity contribution is 6.05. The summed E-state index contributed by atoms with van der Waals surface area (Å²) in [5, 5.41) is 8.86. The first-order valence-corrected chi connectivity index (χ1v) is 9.61. The lowest BCUT2D eigenvalue weighted by Gasteiger charge is -2.08. The molecular formula is C22H18N4O6. The molecule has 0 saturated carbocycles. The number of benzene rings is 1. The molecule has 10 nitrogen and oxygen atoms in total. The van der Waals surface area contributed by atoms with Crippen LogP contribution in [0.5, 0.6) is 0 Å². The Kier molecular flexibility index (Phi) is 5.93. The zero-order chi connectivity index (χ0) is 22.5. The van der Waals surface area contributed by atoms with Crippen LogP contribution in [0.1, 0.15) is 21.6 Å². The molecule has 162 valence electrons. The molecule has 3 amide bonds. The molecular weight excluding hydrogens is 416 g/mol. The fourth-order valence-corrected chi connectivity index (χ4v) is 3.00. The van der Waals surface area contributed by atoms with Crippen LogP contribution in [-0.2, 0) is 16.1 Å². The van der Waals surface area contributed by atoms with Crippen molar-refractivity contribution >= 4 is 29.0 Å². The van der Waals surface area contributed by atoms with Crippen molar-refractivity contribution in [2.45, 2.75) is 13.5 Å².